The predicted octanol–water partition coefficient (Wildman–Crippen LogP) is 6.89. The van der Waals surface area contributed by atoms with Crippen molar-refractivity contribution >= 4 is 24.7 Å². The lowest BCUT2D eigenvalue weighted by Gasteiger charge is -2.43. The molecule has 0 radical (unpaired) electrons. The lowest BCUT2D eigenvalue weighted by atomic mass is 9.91. The summed E-state index contributed by atoms with van der Waals surface area (Å²) in [5.41, 5.74) is 0.612. The highest BCUT2D eigenvalue weighted by Gasteiger charge is 2.50. The van der Waals surface area contributed by atoms with Gasteiger partial charge in [0.15, 0.2) is 17.5 Å². The first-order valence-corrected chi connectivity index (χ1v) is 16.7. The van der Waals surface area contributed by atoms with Gasteiger partial charge < -0.3 is 18.6 Å². The fraction of sp³-hybridized carbons (Fsp3) is 0.306. The maximum absolute atomic E-state index is 14.5. The summed E-state index contributed by atoms with van der Waals surface area (Å²) in [5.74, 6) is -6.55. The molecule has 0 saturated carbocycles. The highest BCUT2D eigenvalue weighted by Crippen LogP contribution is 2.37. The Bertz CT molecular complexity index is 1450. The highest BCUT2D eigenvalue weighted by molar-refractivity contribution is 6.99. The third-order valence-electron chi connectivity index (χ3n) is 7.75. The molecule has 0 aromatic heterocycles. The van der Waals surface area contributed by atoms with Crippen LogP contribution in [0.1, 0.15) is 44.2 Å². The molecule has 238 valence electrons. The Morgan fingerprint density at radius 3 is 1.80 bits per heavy atom. The van der Waals surface area contributed by atoms with Crippen molar-refractivity contribution in [3.8, 4) is 0 Å². The van der Waals surface area contributed by atoms with Crippen molar-refractivity contribution in [3.05, 3.63) is 132 Å². The van der Waals surface area contributed by atoms with E-state index < -0.39 is 43.8 Å². The Kier molecular flexibility index (Phi) is 11.7. The highest BCUT2D eigenvalue weighted by atomic mass is 28.4. The van der Waals surface area contributed by atoms with Gasteiger partial charge >= 0.3 is 5.97 Å². The molecule has 4 aromatic carbocycles. The maximum atomic E-state index is 14.5. The molecule has 4 rings (SSSR count). The summed E-state index contributed by atoms with van der Waals surface area (Å²) in [6.45, 7) is 6.29. The molecule has 0 aliphatic rings. The van der Waals surface area contributed by atoms with E-state index in [1.165, 1.54) is 7.11 Å². The minimum atomic E-state index is -2.95. The number of methoxy groups -OCH3 is 1. The van der Waals surface area contributed by atoms with Gasteiger partial charge in [-0.2, -0.15) is 0 Å². The fourth-order valence-corrected chi connectivity index (χ4v) is 10.2. The summed E-state index contributed by atoms with van der Waals surface area (Å²) in [6, 6.07) is 30.7. The van der Waals surface area contributed by atoms with Gasteiger partial charge in [-0.1, -0.05) is 112 Å². The average Bonchev–Trinajstić information content (AvgIpc) is 3.04. The minimum Gasteiger partial charge on any atom is -0.460 e. The standard InChI is InChI=1S/C36H39F3O5Si/c1-36(2,3)45(28-16-10-6-11-17-28,29-18-12-7-13-19-29)44-21-20-32(43-25-41-4)33(27-22-30(37)34(39)31(38)23-27)35(40)42-24-26-14-8-5-9-15-26/h5-19,22-23,32-33H,20-21,24-25H2,1-4H3/t32-,33-/m0/s1. The Morgan fingerprint density at radius 2 is 1.31 bits per heavy atom. The summed E-state index contributed by atoms with van der Waals surface area (Å²) < 4.78 is 66.7. The van der Waals surface area contributed by atoms with Gasteiger partial charge in [0, 0.05) is 13.7 Å². The van der Waals surface area contributed by atoms with Crippen LogP contribution in [0.5, 0.6) is 0 Å². The molecule has 0 saturated heterocycles. The first kappa shape index (κ1) is 34.1. The van der Waals surface area contributed by atoms with Crippen molar-refractivity contribution in [1.82, 2.24) is 0 Å². The molecule has 0 amide bonds. The maximum Gasteiger partial charge on any atom is 0.316 e. The molecular formula is C36H39F3O5Si. The minimum absolute atomic E-state index is 0.0715. The molecule has 0 fully saturated rings. The number of rotatable bonds is 14. The van der Waals surface area contributed by atoms with E-state index >= 15 is 0 Å². The second kappa shape index (κ2) is 15.5. The molecule has 2 atom stereocenters. The second-order valence-electron chi connectivity index (χ2n) is 11.8. The van der Waals surface area contributed by atoms with Crippen molar-refractivity contribution in [3.63, 3.8) is 0 Å². The number of hydrogen-bond donors (Lipinski definition) is 0. The van der Waals surface area contributed by atoms with Gasteiger partial charge in [0.1, 0.15) is 19.3 Å². The summed E-state index contributed by atoms with van der Waals surface area (Å²) >= 11 is 0. The van der Waals surface area contributed by atoms with E-state index in [1.54, 1.807) is 24.3 Å². The molecule has 0 bridgehead atoms. The monoisotopic (exact) mass is 636 g/mol. The number of carbonyl (C=O) groups is 1. The topological polar surface area (TPSA) is 54.0 Å². The molecule has 9 heteroatoms. The SMILES string of the molecule is COCO[C@@H](CCO[Si](c1ccccc1)(c1ccccc1)C(C)(C)C)[C@@H](C(=O)OCc1ccccc1)c1cc(F)c(F)c(F)c1. The molecule has 4 aromatic rings. The van der Waals surface area contributed by atoms with Crippen molar-refractivity contribution < 1.29 is 36.6 Å². The quantitative estimate of drug-likeness (QED) is 0.0654. The number of esters is 1. The molecular weight excluding hydrogens is 597 g/mol. The van der Waals surface area contributed by atoms with Crippen LogP contribution >= 0.6 is 0 Å². The summed E-state index contributed by atoms with van der Waals surface area (Å²) in [4.78, 5) is 13.7. The fourth-order valence-electron chi connectivity index (χ4n) is 5.67. The zero-order valence-electron chi connectivity index (χ0n) is 26.0. The van der Waals surface area contributed by atoms with Crippen LogP contribution in [-0.2, 0) is 30.0 Å². The van der Waals surface area contributed by atoms with Gasteiger partial charge in [-0.15, -0.1) is 0 Å². The lowest BCUT2D eigenvalue weighted by molar-refractivity contribution is -0.155. The van der Waals surface area contributed by atoms with Crippen molar-refractivity contribution in [2.45, 2.75) is 50.9 Å². The molecule has 0 spiro atoms. The van der Waals surface area contributed by atoms with Crippen molar-refractivity contribution in [1.29, 1.82) is 0 Å². The normalized spacial score (nSPS) is 13.3. The number of hydrogen-bond acceptors (Lipinski definition) is 5. The van der Waals surface area contributed by atoms with Crippen LogP contribution in [0.4, 0.5) is 13.2 Å². The van der Waals surface area contributed by atoms with E-state index in [-0.39, 0.29) is 37.0 Å². The average molecular weight is 637 g/mol. The summed E-state index contributed by atoms with van der Waals surface area (Å²) in [6.07, 6.45) is -0.852. The van der Waals surface area contributed by atoms with Gasteiger partial charge in [0.25, 0.3) is 8.32 Å². The zero-order valence-corrected chi connectivity index (χ0v) is 27.0. The number of benzene rings is 4. The van der Waals surface area contributed by atoms with Crippen LogP contribution in [0, 0.1) is 17.5 Å². The largest absolute Gasteiger partial charge is 0.460 e. The molecule has 0 unspecified atom stereocenters. The molecule has 0 aliphatic heterocycles. The van der Waals surface area contributed by atoms with E-state index in [4.69, 9.17) is 18.6 Å². The predicted molar refractivity (Wildman–Crippen MR) is 170 cm³/mol. The summed E-state index contributed by atoms with van der Waals surface area (Å²) in [5, 5.41) is 1.83. The summed E-state index contributed by atoms with van der Waals surface area (Å²) in [7, 11) is -1.52. The van der Waals surface area contributed by atoms with Crippen LogP contribution in [-0.4, -0.2) is 40.9 Å². The van der Waals surface area contributed by atoms with Gasteiger partial charge in [-0.05, 0) is 45.1 Å². The first-order chi connectivity index (χ1) is 21.6. The number of halogens is 3. The van der Waals surface area contributed by atoms with Crippen LogP contribution in [0.15, 0.2) is 103 Å². The Labute approximate surface area is 264 Å². The third-order valence-corrected chi connectivity index (χ3v) is 12.8. The van der Waals surface area contributed by atoms with Crippen LogP contribution in [0.25, 0.3) is 0 Å². The van der Waals surface area contributed by atoms with E-state index in [9.17, 15) is 18.0 Å². The molecule has 0 heterocycles. The van der Waals surface area contributed by atoms with E-state index in [1.807, 2.05) is 42.5 Å². The second-order valence-corrected chi connectivity index (χ2v) is 16.1. The van der Waals surface area contributed by atoms with Gasteiger partial charge in [0.2, 0.25) is 0 Å². The van der Waals surface area contributed by atoms with Crippen molar-refractivity contribution in [2.24, 2.45) is 0 Å². The smallest absolute Gasteiger partial charge is 0.316 e. The van der Waals surface area contributed by atoms with Crippen molar-refractivity contribution in [2.75, 3.05) is 20.5 Å². The zero-order chi connectivity index (χ0) is 32.5. The lowest BCUT2D eigenvalue weighted by Crippen LogP contribution is -2.66. The van der Waals surface area contributed by atoms with E-state index in [0.717, 1.165) is 28.1 Å². The molecule has 0 N–H and O–H groups in total. The van der Waals surface area contributed by atoms with Crippen LogP contribution < -0.4 is 10.4 Å². The molecule has 45 heavy (non-hydrogen) atoms. The number of carbonyl (C=O) groups excluding carboxylic acids is 1. The molecule has 5 nitrogen and oxygen atoms in total. The Hall–Kier alpha value is -3.76. The van der Waals surface area contributed by atoms with E-state index in [2.05, 4.69) is 45.0 Å². The molecule has 0 aliphatic carbocycles. The van der Waals surface area contributed by atoms with Crippen LogP contribution in [0.2, 0.25) is 5.04 Å². The van der Waals surface area contributed by atoms with Gasteiger partial charge in [-0.25, -0.2) is 13.2 Å². The van der Waals surface area contributed by atoms with Gasteiger partial charge in [-0.3, -0.25) is 4.79 Å². The van der Waals surface area contributed by atoms with E-state index in [0.29, 0.717) is 0 Å². The first-order valence-electron chi connectivity index (χ1n) is 14.8. The number of ether oxygens (including phenoxy) is 3. The Balaban J connectivity index is 1.70. The third kappa shape index (κ3) is 8.10. The van der Waals surface area contributed by atoms with Crippen LogP contribution in [0.3, 0.4) is 0 Å². The Morgan fingerprint density at radius 1 is 0.800 bits per heavy atom. The van der Waals surface area contributed by atoms with Gasteiger partial charge in [0.05, 0.1) is 6.10 Å².